The van der Waals surface area contributed by atoms with E-state index in [1.807, 2.05) is 36.4 Å². The predicted octanol–water partition coefficient (Wildman–Crippen LogP) is 3.28. The van der Waals surface area contributed by atoms with E-state index in [1.165, 1.54) is 18.3 Å². The molecule has 2 aromatic rings. The lowest BCUT2D eigenvalue weighted by Crippen LogP contribution is -2.18. The molecule has 4 heteroatoms. The summed E-state index contributed by atoms with van der Waals surface area (Å²) in [6.07, 6.45) is 3.37. The van der Waals surface area contributed by atoms with Crippen LogP contribution in [-0.2, 0) is 11.3 Å². The van der Waals surface area contributed by atoms with Crippen molar-refractivity contribution in [2.45, 2.75) is 13.5 Å². The van der Waals surface area contributed by atoms with Gasteiger partial charge in [-0.15, -0.1) is 11.3 Å². The number of allylic oxidation sites excluding steroid dienone is 1. The summed E-state index contributed by atoms with van der Waals surface area (Å²) < 4.78 is 0. The van der Waals surface area contributed by atoms with Gasteiger partial charge in [-0.25, -0.2) is 0 Å². The van der Waals surface area contributed by atoms with E-state index in [2.05, 4.69) is 5.32 Å². The van der Waals surface area contributed by atoms with Crippen LogP contribution in [0.1, 0.15) is 27.0 Å². The molecule has 0 fully saturated rings. The third-order valence-electron chi connectivity index (χ3n) is 2.64. The molecule has 0 bridgehead atoms. The first-order valence-electron chi connectivity index (χ1n) is 6.26. The van der Waals surface area contributed by atoms with Crippen LogP contribution >= 0.6 is 11.3 Å². The summed E-state index contributed by atoms with van der Waals surface area (Å²) >= 11 is 1.40. The minimum absolute atomic E-state index is 0.0204. The molecule has 2 rings (SSSR count). The van der Waals surface area contributed by atoms with Gasteiger partial charge in [-0.3, -0.25) is 9.59 Å². The second-order valence-electron chi connectivity index (χ2n) is 4.28. The number of rotatable bonds is 5. The summed E-state index contributed by atoms with van der Waals surface area (Å²) in [6, 6.07) is 13.3. The SMILES string of the molecule is CC(=O)NCc1ccc(C(=O)C=Cc2ccccc2)s1. The molecular formula is C16H15NO2S. The van der Waals surface area contributed by atoms with E-state index >= 15 is 0 Å². The standard InChI is InChI=1S/C16H15NO2S/c1-12(18)17-11-14-8-10-16(20-14)15(19)9-7-13-5-3-2-4-6-13/h2-10H,11H2,1H3,(H,17,18). The molecule has 0 aliphatic carbocycles. The van der Waals surface area contributed by atoms with Crippen molar-refractivity contribution in [2.75, 3.05) is 0 Å². The highest BCUT2D eigenvalue weighted by atomic mass is 32.1. The normalized spacial score (nSPS) is 10.7. The summed E-state index contributed by atoms with van der Waals surface area (Å²) in [7, 11) is 0. The molecule has 102 valence electrons. The van der Waals surface area contributed by atoms with Crippen LogP contribution in [0, 0.1) is 0 Å². The number of hydrogen-bond acceptors (Lipinski definition) is 3. The molecule has 3 nitrogen and oxygen atoms in total. The highest BCUT2D eigenvalue weighted by Crippen LogP contribution is 2.17. The van der Waals surface area contributed by atoms with Gasteiger partial charge in [0.1, 0.15) is 0 Å². The van der Waals surface area contributed by atoms with Gasteiger partial charge in [-0.2, -0.15) is 0 Å². The predicted molar refractivity (Wildman–Crippen MR) is 81.6 cm³/mol. The maximum absolute atomic E-state index is 12.0. The molecule has 0 unspecified atom stereocenters. The molecule has 1 heterocycles. The molecule has 0 aliphatic rings. The summed E-state index contributed by atoms with van der Waals surface area (Å²) in [4.78, 5) is 24.5. The molecule has 0 atom stereocenters. The number of benzene rings is 1. The smallest absolute Gasteiger partial charge is 0.217 e. The topological polar surface area (TPSA) is 46.2 Å². The highest BCUT2D eigenvalue weighted by Gasteiger charge is 2.06. The van der Waals surface area contributed by atoms with Crippen molar-refractivity contribution >= 4 is 29.1 Å². The quantitative estimate of drug-likeness (QED) is 0.677. The summed E-state index contributed by atoms with van der Waals surface area (Å²) in [6.45, 7) is 1.94. The van der Waals surface area contributed by atoms with Crippen molar-refractivity contribution in [3.63, 3.8) is 0 Å². The monoisotopic (exact) mass is 285 g/mol. The molecule has 0 radical (unpaired) electrons. The zero-order chi connectivity index (χ0) is 14.4. The Morgan fingerprint density at radius 2 is 1.90 bits per heavy atom. The lowest BCUT2D eigenvalue weighted by Gasteiger charge is -1.97. The fourth-order valence-corrected chi connectivity index (χ4v) is 2.50. The first-order chi connectivity index (χ1) is 9.65. The van der Waals surface area contributed by atoms with E-state index in [-0.39, 0.29) is 11.7 Å². The van der Waals surface area contributed by atoms with Crippen LogP contribution in [0.5, 0.6) is 0 Å². The average Bonchev–Trinajstić information content (AvgIpc) is 2.92. The van der Waals surface area contributed by atoms with Gasteiger partial charge in [0.05, 0.1) is 11.4 Å². The summed E-state index contributed by atoms with van der Waals surface area (Å²) in [5, 5.41) is 2.71. The Morgan fingerprint density at radius 3 is 2.60 bits per heavy atom. The van der Waals surface area contributed by atoms with E-state index in [0.29, 0.717) is 11.4 Å². The van der Waals surface area contributed by atoms with E-state index in [0.717, 1.165) is 10.4 Å². The summed E-state index contributed by atoms with van der Waals surface area (Å²) in [5.41, 5.74) is 0.996. The molecule has 0 saturated carbocycles. The molecule has 1 aromatic carbocycles. The summed E-state index contributed by atoms with van der Waals surface area (Å²) in [5.74, 6) is -0.0943. The maximum atomic E-state index is 12.0. The molecule has 20 heavy (non-hydrogen) atoms. The molecule has 1 amide bonds. The van der Waals surface area contributed by atoms with Crippen molar-refractivity contribution in [2.24, 2.45) is 0 Å². The Balaban J connectivity index is 1.99. The number of carbonyl (C=O) groups is 2. The Kier molecular flexibility index (Phi) is 4.85. The van der Waals surface area contributed by atoms with Crippen LogP contribution < -0.4 is 5.32 Å². The first kappa shape index (κ1) is 14.2. The number of thiophene rings is 1. The Hall–Kier alpha value is -2.20. The van der Waals surface area contributed by atoms with Gasteiger partial charge in [0, 0.05) is 11.8 Å². The van der Waals surface area contributed by atoms with E-state index in [9.17, 15) is 9.59 Å². The molecule has 1 N–H and O–H groups in total. The van der Waals surface area contributed by atoms with Crippen LogP contribution in [-0.4, -0.2) is 11.7 Å². The zero-order valence-electron chi connectivity index (χ0n) is 11.1. The number of nitrogens with one attached hydrogen (secondary N) is 1. The highest BCUT2D eigenvalue weighted by molar-refractivity contribution is 7.14. The van der Waals surface area contributed by atoms with Gasteiger partial charge in [0.15, 0.2) is 5.78 Å². The fraction of sp³-hybridized carbons (Fsp3) is 0.125. The zero-order valence-corrected chi connectivity index (χ0v) is 11.9. The number of hydrogen-bond donors (Lipinski definition) is 1. The van der Waals surface area contributed by atoms with Crippen LogP contribution in [0.4, 0.5) is 0 Å². The second-order valence-corrected chi connectivity index (χ2v) is 5.45. The molecule has 1 aromatic heterocycles. The van der Waals surface area contributed by atoms with Gasteiger partial charge in [0.25, 0.3) is 0 Å². The van der Waals surface area contributed by atoms with Crippen LogP contribution in [0.25, 0.3) is 6.08 Å². The lowest BCUT2D eigenvalue weighted by molar-refractivity contribution is -0.119. The van der Waals surface area contributed by atoms with Gasteiger partial charge >= 0.3 is 0 Å². The van der Waals surface area contributed by atoms with Gasteiger partial charge in [-0.1, -0.05) is 36.4 Å². The minimum atomic E-state index is -0.0738. The Morgan fingerprint density at radius 1 is 1.15 bits per heavy atom. The minimum Gasteiger partial charge on any atom is -0.351 e. The van der Waals surface area contributed by atoms with Gasteiger partial charge in [0.2, 0.25) is 5.91 Å². The van der Waals surface area contributed by atoms with E-state index in [1.54, 1.807) is 18.2 Å². The number of amides is 1. The number of carbonyl (C=O) groups excluding carboxylic acids is 2. The molecule has 0 aliphatic heterocycles. The molecule has 0 spiro atoms. The van der Waals surface area contributed by atoms with Crippen molar-refractivity contribution in [3.8, 4) is 0 Å². The largest absolute Gasteiger partial charge is 0.351 e. The van der Waals surface area contributed by atoms with E-state index in [4.69, 9.17) is 0 Å². The van der Waals surface area contributed by atoms with Crippen LogP contribution in [0.3, 0.4) is 0 Å². The first-order valence-corrected chi connectivity index (χ1v) is 7.07. The van der Waals surface area contributed by atoms with Crippen molar-refractivity contribution in [3.05, 3.63) is 63.9 Å². The maximum Gasteiger partial charge on any atom is 0.217 e. The molecular weight excluding hydrogens is 270 g/mol. The second kappa shape index (κ2) is 6.82. The number of ketones is 1. The average molecular weight is 285 g/mol. The van der Waals surface area contributed by atoms with Gasteiger partial charge in [-0.05, 0) is 23.8 Å². The van der Waals surface area contributed by atoms with Crippen molar-refractivity contribution in [1.82, 2.24) is 5.32 Å². The third-order valence-corrected chi connectivity index (χ3v) is 3.74. The van der Waals surface area contributed by atoms with Crippen molar-refractivity contribution < 1.29 is 9.59 Å². The van der Waals surface area contributed by atoms with E-state index < -0.39 is 0 Å². The fourth-order valence-electron chi connectivity index (χ4n) is 1.64. The Labute approximate surface area is 122 Å². The van der Waals surface area contributed by atoms with Crippen LogP contribution in [0.15, 0.2) is 48.5 Å². The van der Waals surface area contributed by atoms with Crippen LogP contribution in [0.2, 0.25) is 0 Å². The third kappa shape index (κ3) is 4.17. The van der Waals surface area contributed by atoms with Crippen molar-refractivity contribution in [1.29, 1.82) is 0 Å². The lowest BCUT2D eigenvalue weighted by atomic mass is 10.2. The van der Waals surface area contributed by atoms with Gasteiger partial charge < -0.3 is 5.32 Å². The molecule has 0 saturated heterocycles. The Bertz CT molecular complexity index is 629.